The van der Waals surface area contributed by atoms with Crippen LogP contribution in [0.2, 0.25) is 0 Å². The molecule has 0 radical (unpaired) electrons. The Balaban J connectivity index is 2.21. The van der Waals surface area contributed by atoms with Crippen LogP contribution in [0.15, 0.2) is 24.3 Å². The fraction of sp³-hybridized carbons (Fsp3) is 0.385. The molecule has 2 aromatic rings. The van der Waals surface area contributed by atoms with Gasteiger partial charge in [-0.3, -0.25) is 4.79 Å². The summed E-state index contributed by atoms with van der Waals surface area (Å²) in [6, 6.07) is 7.22. The SMILES string of the molecule is CCN(CC)C(=O)Cn1nnnc1-c1ccc(N)cc1. The lowest BCUT2D eigenvalue weighted by atomic mass is 10.2. The first-order chi connectivity index (χ1) is 9.65. The van der Waals surface area contributed by atoms with Crippen LogP contribution in [0.5, 0.6) is 0 Å². The van der Waals surface area contributed by atoms with Gasteiger partial charge in [0.05, 0.1) is 0 Å². The highest BCUT2D eigenvalue weighted by atomic mass is 16.2. The largest absolute Gasteiger partial charge is 0.399 e. The van der Waals surface area contributed by atoms with Gasteiger partial charge in [-0.2, -0.15) is 0 Å². The zero-order valence-electron chi connectivity index (χ0n) is 11.7. The van der Waals surface area contributed by atoms with Crippen LogP contribution in [-0.4, -0.2) is 44.1 Å². The van der Waals surface area contributed by atoms with Gasteiger partial charge in [0.15, 0.2) is 5.82 Å². The van der Waals surface area contributed by atoms with E-state index in [1.807, 2.05) is 26.0 Å². The summed E-state index contributed by atoms with van der Waals surface area (Å²) in [5, 5.41) is 11.5. The first-order valence-corrected chi connectivity index (χ1v) is 6.55. The second-order valence-corrected chi connectivity index (χ2v) is 4.35. The molecule has 1 aromatic heterocycles. The summed E-state index contributed by atoms with van der Waals surface area (Å²) in [7, 11) is 0. The Morgan fingerprint density at radius 3 is 2.50 bits per heavy atom. The van der Waals surface area contributed by atoms with E-state index in [4.69, 9.17) is 5.73 Å². The molecule has 106 valence electrons. The van der Waals surface area contributed by atoms with Crippen LogP contribution in [0.4, 0.5) is 5.69 Å². The molecule has 0 saturated heterocycles. The van der Waals surface area contributed by atoms with Crippen molar-refractivity contribution in [1.29, 1.82) is 0 Å². The monoisotopic (exact) mass is 274 g/mol. The number of nitrogens with zero attached hydrogens (tertiary/aromatic N) is 5. The molecular weight excluding hydrogens is 256 g/mol. The maximum Gasteiger partial charge on any atom is 0.244 e. The van der Waals surface area contributed by atoms with Gasteiger partial charge in [0.2, 0.25) is 5.91 Å². The van der Waals surface area contributed by atoms with Gasteiger partial charge in [0, 0.05) is 24.3 Å². The maximum absolute atomic E-state index is 12.1. The van der Waals surface area contributed by atoms with Crippen molar-refractivity contribution < 1.29 is 4.79 Å². The molecule has 0 aliphatic heterocycles. The van der Waals surface area contributed by atoms with E-state index in [9.17, 15) is 4.79 Å². The Kier molecular flexibility index (Phi) is 4.29. The molecule has 0 spiro atoms. The molecule has 7 heteroatoms. The molecular formula is C13H18N6O. The molecule has 0 fully saturated rings. The minimum Gasteiger partial charge on any atom is -0.399 e. The fourth-order valence-corrected chi connectivity index (χ4v) is 1.95. The van der Waals surface area contributed by atoms with Crippen molar-refractivity contribution in [3.05, 3.63) is 24.3 Å². The summed E-state index contributed by atoms with van der Waals surface area (Å²) in [6.07, 6.45) is 0. The second kappa shape index (κ2) is 6.14. The van der Waals surface area contributed by atoms with E-state index in [0.717, 1.165) is 5.56 Å². The highest BCUT2D eigenvalue weighted by molar-refractivity contribution is 5.76. The summed E-state index contributed by atoms with van der Waals surface area (Å²) in [5.74, 6) is 0.560. The third-order valence-electron chi connectivity index (χ3n) is 3.10. The van der Waals surface area contributed by atoms with Crippen molar-refractivity contribution >= 4 is 11.6 Å². The zero-order chi connectivity index (χ0) is 14.5. The summed E-state index contributed by atoms with van der Waals surface area (Å²) >= 11 is 0. The average Bonchev–Trinajstić information content (AvgIpc) is 2.89. The lowest BCUT2D eigenvalue weighted by molar-refractivity contribution is -0.131. The minimum atomic E-state index is -0.000931. The lowest BCUT2D eigenvalue weighted by Crippen LogP contribution is -2.33. The van der Waals surface area contributed by atoms with E-state index in [-0.39, 0.29) is 12.5 Å². The van der Waals surface area contributed by atoms with Crippen LogP contribution >= 0.6 is 0 Å². The van der Waals surface area contributed by atoms with E-state index in [0.29, 0.717) is 24.6 Å². The van der Waals surface area contributed by atoms with E-state index in [1.54, 1.807) is 17.0 Å². The third-order valence-corrected chi connectivity index (χ3v) is 3.10. The lowest BCUT2D eigenvalue weighted by Gasteiger charge is -2.18. The first kappa shape index (κ1) is 14.0. The van der Waals surface area contributed by atoms with Crippen LogP contribution in [-0.2, 0) is 11.3 Å². The quantitative estimate of drug-likeness (QED) is 0.814. The first-order valence-electron chi connectivity index (χ1n) is 6.55. The van der Waals surface area contributed by atoms with Gasteiger partial charge < -0.3 is 10.6 Å². The van der Waals surface area contributed by atoms with Crippen molar-refractivity contribution in [3.8, 4) is 11.4 Å². The molecule has 0 aliphatic carbocycles. The Morgan fingerprint density at radius 2 is 1.90 bits per heavy atom. The molecule has 1 aromatic carbocycles. The number of likely N-dealkylation sites (N-methyl/N-ethyl adjacent to an activating group) is 1. The Bertz CT molecular complexity index is 573. The van der Waals surface area contributed by atoms with Crippen LogP contribution in [0.25, 0.3) is 11.4 Å². The number of aromatic nitrogens is 4. The van der Waals surface area contributed by atoms with E-state index in [2.05, 4.69) is 15.5 Å². The minimum absolute atomic E-state index is 0.000931. The number of hydrogen-bond acceptors (Lipinski definition) is 5. The zero-order valence-corrected chi connectivity index (χ0v) is 11.7. The van der Waals surface area contributed by atoms with Crippen molar-refractivity contribution in [3.63, 3.8) is 0 Å². The van der Waals surface area contributed by atoms with Gasteiger partial charge in [-0.1, -0.05) is 0 Å². The normalized spacial score (nSPS) is 10.5. The van der Waals surface area contributed by atoms with E-state index >= 15 is 0 Å². The number of hydrogen-bond donors (Lipinski definition) is 1. The number of benzene rings is 1. The van der Waals surface area contributed by atoms with Crippen molar-refractivity contribution in [2.75, 3.05) is 18.8 Å². The molecule has 7 nitrogen and oxygen atoms in total. The average molecular weight is 274 g/mol. The van der Waals surface area contributed by atoms with E-state index in [1.165, 1.54) is 4.68 Å². The number of carbonyl (C=O) groups is 1. The van der Waals surface area contributed by atoms with Gasteiger partial charge in [-0.05, 0) is 48.5 Å². The summed E-state index contributed by atoms with van der Waals surface area (Å²) in [4.78, 5) is 13.8. The number of amides is 1. The number of anilines is 1. The molecule has 0 aliphatic rings. The highest BCUT2D eigenvalue weighted by Crippen LogP contribution is 2.17. The summed E-state index contributed by atoms with van der Waals surface area (Å²) < 4.78 is 1.51. The van der Waals surface area contributed by atoms with Crippen LogP contribution in [0, 0.1) is 0 Å². The number of tetrazole rings is 1. The number of nitrogen functional groups attached to an aromatic ring is 1. The Hall–Kier alpha value is -2.44. The Labute approximate surface area is 117 Å². The second-order valence-electron chi connectivity index (χ2n) is 4.35. The van der Waals surface area contributed by atoms with Gasteiger partial charge in [-0.25, -0.2) is 4.68 Å². The molecule has 2 rings (SSSR count). The number of rotatable bonds is 5. The summed E-state index contributed by atoms with van der Waals surface area (Å²) in [5.41, 5.74) is 7.16. The van der Waals surface area contributed by atoms with E-state index < -0.39 is 0 Å². The predicted octanol–water partition coefficient (Wildman–Crippen LogP) is 0.791. The highest BCUT2D eigenvalue weighted by Gasteiger charge is 2.15. The molecule has 1 amide bonds. The topological polar surface area (TPSA) is 89.9 Å². The third kappa shape index (κ3) is 2.93. The van der Waals surface area contributed by atoms with Crippen molar-refractivity contribution in [2.24, 2.45) is 0 Å². The Morgan fingerprint density at radius 1 is 1.25 bits per heavy atom. The molecule has 1 heterocycles. The van der Waals surface area contributed by atoms with Crippen molar-refractivity contribution in [1.82, 2.24) is 25.1 Å². The fourth-order valence-electron chi connectivity index (χ4n) is 1.95. The predicted molar refractivity (Wildman–Crippen MR) is 75.6 cm³/mol. The molecule has 0 saturated carbocycles. The molecule has 0 atom stereocenters. The number of nitrogens with two attached hydrogens (primary N) is 1. The van der Waals surface area contributed by atoms with Gasteiger partial charge >= 0.3 is 0 Å². The van der Waals surface area contributed by atoms with Crippen LogP contribution < -0.4 is 5.73 Å². The summed E-state index contributed by atoms with van der Waals surface area (Å²) in [6.45, 7) is 5.38. The van der Waals surface area contributed by atoms with Gasteiger partial charge in [0.1, 0.15) is 6.54 Å². The standard InChI is InChI=1S/C13H18N6O/c1-3-18(4-2)12(20)9-19-13(15-16-17-19)10-5-7-11(14)8-6-10/h5-8H,3-4,9,14H2,1-2H3. The molecule has 20 heavy (non-hydrogen) atoms. The van der Waals surface area contributed by atoms with Crippen molar-refractivity contribution in [2.45, 2.75) is 20.4 Å². The molecule has 0 unspecified atom stereocenters. The van der Waals surface area contributed by atoms with Gasteiger partial charge in [0.25, 0.3) is 0 Å². The maximum atomic E-state index is 12.1. The smallest absolute Gasteiger partial charge is 0.244 e. The van der Waals surface area contributed by atoms with Gasteiger partial charge in [-0.15, -0.1) is 5.10 Å². The van der Waals surface area contributed by atoms with Crippen LogP contribution in [0.1, 0.15) is 13.8 Å². The number of carbonyl (C=O) groups excluding carboxylic acids is 1. The molecule has 2 N–H and O–H groups in total. The molecule has 0 bridgehead atoms. The van der Waals surface area contributed by atoms with Crippen LogP contribution in [0.3, 0.4) is 0 Å².